The Bertz CT molecular complexity index is 948. The fraction of sp³-hybridized carbons (Fsp3) is 0.200. The number of fused-ring (bicyclic) bond motifs is 1. The molecule has 140 valence electrons. The first-order valence-corrected chi connectivity index (χ1v) is 9.57. The fourth-order valence-electron chi connectivity index (χ4n) is 2.59. The number of hydrogen-bond acceptors (Lipinski definition) is 5. The van der Waals surface area contributed by atoms with Gasteiger partial charge >= 0.3 is 11.8 Å². The Morgan fingerprint density at radius 3 is 2.56 bits per heavy atom. The third kappa shape index (κ3) is 4.32. The molecule has 3 rings (SSSR count). The van der Waals surface area contributed by atoms with E-state index in [0.29, 0.717) is 17.0 Å². The van der Waals surface area contributed by atoms with Gasteiger partial charge in [-0.2, -0.15) is 0 Å². The first kappa shape index (κ1) is 19.0. The van der Waals surface area contributed by atoms with Crippen LogP contribution in [0.25, 0.3) is 11.0 Å². The quantitative estimate of drug-likeness (QED) is 0.464. The second-order valence-corrected chi connectivity index (χ2v) is 7.11. The number of hydrogen-bond donors (Lipinski definition) is 3. The minimum atomic E-state index is -1.45. The zero-order valence-electron chi connectivity index (χ0n) is 15.0. The summed E-state index contributed by atoms with van der Waals surface area (Å²) in [5.41, 5.74) is -0.244. The van der Waals surface area contributed by atoms with E-state index in [9.17, 15) is 14.7 Å². The molecule has 1 atom stereocenters. The van der Waals surface area contributed by atoms with Crippen LogP contribution in [0.3, 0.4) is 0 Å². The van der Waals surface area contributed by atoms with Gasteiger partial charge in [-0.05, 0) is 37.4 Å². The molecule has 0 fully saturated rings. The normalized spacial score (nSPS) is 13.1. The maximum absolute atomic E-state index is 12.1. The lowest BCUT2D eigenvalue weighted by molar-refractivity contribution is -0.136. The topological polar surface area (TPSA) is 91.6 Å². The molecule has 3 aromatic rings. The summed E-state index contributed by atoms with van der Waals surface area (Å²) in [7, 11) is 0. The second kappa shape index (κ2) is 7.85. The maximum atomic E-state index is 12.1. The minimum Gasteiger partial charge on any atom is -0.458 e. The summed E-state index contributed by atoms with van der Waals surface area (Å²) in [5.74, 6) is -1.31. The number of carbonyl (C=O) groups is 2. The SMILES string of the molecule is CSc1ccccc1NC(=O)C(=O)NC[C@@](C)(O)c1cc2ccccc2o1. The number of benzene rings is 2. The molecule has 1 aromatic heterocycles. The predicted molar refractivity (Wildman–Crippen MR) is 106 cm³/mol. The number of para-hydroxylation sites is 2. The van der Waals surface area contributed by atoms with Gasteiger partial charge in [-0.1, -0.05) is 30.3 Å². The monoisotopic (exact) mass is 384 g/mol. The molecule has 0 saturated heterocycles. The fourth-order valence-corrected chi connectivity index (χ4v) is 3.15. The van der Waals surface area contributed by atoms with Crippen LogP contribution < -0.4 is 10.6 Å². The van der Waals surface area contributed by atoms with Crippen LogP contribution in [-0.4, -0.2) is 29.7 Å². The zero-order valence-corrected chi connectivity index (χ0v) is 15.8. The number of nitrogens with one attached hydrogen (secondary N) is 2. The summed E-state index contributed by atoms with van der Waals surface area (Å²) in [4.78, 5) is 25.1. The summed E-state index contributed by atoms with van der Waals surface area (Å²) in [6.45, 7) is 1.36. The van der Waals surface area contributed by atoms with E-state index >= 15 is 0 Å². The van der Waals surface area contributed by atoms with E-state index < -0.39 is 17.4 Å². The molecule has 3 N–H and O–H groups in total. The first-order chi connectivity index (χ1) is 12.9. The summed E-state index contributed by atoms with van der Waals surface area (Å²) in [6.07, 6.45) is 1.88. The van der Waals surface area contributed by atoms with Crippen LogP contribution in [0, 0.1) is 0 Å². The largest absolute Gasteiger partial charge is 0.458 e. The molecular weight excluding hydrogens is 364 g/mol. The molecule has 0 aliphatic carbocycles. The Labute approximate surface area is 160 Å². The summed E-state index contributed by atoms with van der Waals surface area (Å²) < 4.78 is 5.65. The van der Waals surface area contributed by atoms with E-state index in [1.165, 1.54) is 18.7 Å². The molecule has 27 heavy (non-hydrogen) atoms. The molecule has 0 aliphatic heterocycles. The first-order valence-electron chi connectivity index (χ1n) is 8.34. The molecule has 0 spiro atoms. The highest BCUT2D eigenvalue weighted by Crippen LogP contribution is 2.27. The number of anilines is 1. The Balaban J connectivity index is 1.64. The lowest BCUT2D eigenvalue weighted by Crippen LogP contribution is -2.43. The number of rotatable bonds is 5. The van der Waals surface area contributed by atoms with Gasteiger partial charge in [0.05, 0.1) is 12.2 Å². The van der Waals surface area contributed by atoms with Gasteiger partial charge in [-0.25, -0.2) is 0 Å². The molecular formula is C20H20N2O4S. The Morgan fingerprint density at radius 2 is 1.81 bits per heavy atom. The van der Waals surface area contributed by atoms with E-state index in [4.69, 9.17) is 4.42 Å². The molecule has 0 bridgehead atoms. The highest BCUT2D eigenvalue weighted by Gasteiger charge is 2.29. The third-order valence-corrected chi connectivity index (χ3v) is 4.91. The van der Waals surface area contributed by atoms with Crippen LogP contribution in [0.5, 0.6) is 0 Å². The Morgan fingerprint density at radius 1 is 1.11 bits per heavy atom. The maximum Gasteiger partial charge on any atom is 0.313 e. The van der Waals surface area contributed by atoms with Crippen molar-refractivity contribution in [2.24, 2.45) is 0 Å². The van der Waals surface area contributed by atoms with Crippen molar-refractivity contribution in [1.82, 2.24) is 5.32 Å². The average molecular weight is 384 g/mol. The Kier molecular flexibility index (Phi) is 5.53. The van der Waals surface area contributed by atoms with Gasteiger partial charge in [0.25, 0.3) is 0 Å². The van der Waals surface area contributed by atoms with E-state index in [0.717, 1.165) is 10.3 Å². The number of aliphatic hydroxyl groups is 1. The molecule has 2 amide bonds. The van der Waals surface area contributed by atoms with Crippen LogP contribution in [-0.2, 0) is 15.2 Å². The van der Waals surface area contributed by atoms with Crippen molar-refractivity contribution in [3.63, 3.8) is 0 Å². The third-order valence-electron chi connectivity index (χ3n) is 4.11. The van der Waals surface area contributed by atoms with Crippen LogP contribution >= 0.6 is 11.8 Å². The van der Waals surface area contributed by atoms with Crippen molar-refractivity contribution in [2.45, 2.75) is 17.4 Å². The molecule has 7 heteroatoms. The van der Waals surface area contributed by atoms with Crippen molar-refractivity contribution >= 4 is 40.2 Å². The highest BCUT2D eigenvalue weighted by molar-refractivity contribution is 7.98. The zero-order chi connectivity index (χ0) is 19.4. The molecule has 0 saturated carbocycles. The van der Waals surface area contributed by atoms with Gasteiger partial charge in [0.2, 0.25) is 0 Å². The number of carbonyl (C=O) groups excluding carboxylic acids is 2. The summed E-state index contributed by atoms with van der Waals surface area (Å²) in [5, 5.41) is 16.5. The molecule has 1 heterocycles. The molecule has 2 aromatic carbocycles. The van der Waals surface area contributed by atoms with E-state index in [1.54, 1.807) is 24.3 Å². The molecule has 6 nitrogen and oxygen atoms in total. The van der Waals surface area contributed by atoms with E-state index in [-0.39, 0.29) is 6.54 Å². The lowest BCUT2D eigenvalue weighted by atomic mass is 10.0. The second-order valence-electron chi connectivity index (χ2n) is 6.26. The highest BCUT2D eigenvalue weighted by atomic mass is 32.2. The standard InChI is InChI=1S/C20H20N2O4S/c1-20(25,17-11-13-7-3-5-9-15(13)26-17)12-21-18(23)19(24)22-14-8-4-6-10-16(14)27-2/h3-11,25H,12H2,1-2H3,(H,21,23)(H,22,24)/t20-/m1/s1. The number of thioether (sulfide) groups is 1. The summed E-state index contributed by atoms with van der Waals surface area (Å²) >= 11 is 1.47. The average Bonchev–Trinajstić information content (AvgIpc) is 3.12. The number of amides is 2. The van der Waals surface area contributed by atoms with Crippen molar-refractivity contribution in [1.29, 1.82) is 0 Å². The van der Waals surface area contributed by atoms with Crippen LogP contribution in [0.2, 0.25) is 0 Å². The molecule has 0 unspecified atom stereocenters. The van der Waals surface area contributed by atoms with Crippen molar-refractivity contribution in [3.8, 4) is 0 Å². The van der Waals surface area contributed by atoms with Gasteiger partial charge in [-0.15, -0.1) is 11.8 Å². The Hall–Kier alpha value is -2.77. The van der Waals surface area contributed by atoms with Crippen molar-refractivity contribution < 1.29 is 19.1 Å². The van der Waals surface area contributed by atoms with Gasteiger partial charge in [0, 0.05) is 10.3 Å². The minimum absolute atomic E-state index is 0.163. The van der Waals surface area contributed by atoms with Gasteiger partial charge in [0.15, 0.2) is 0 Å². The predicted octanol–water partition coefficient (Wildman–Crippen LogP) is 3.12. The van der Waals surface area contributed by atoms with Crippen LogP contribution in [0.4, 0.5) is 5.69 Å². The van der Waals surface area contributed by atoms with Crippen molar-refractivity contribution in [3.05, 3.63) is 60.4 Å². The smallest absolute Gasteiger partial charge is 0.313 e. The van der Waals surface area contributed by atoms with Gasteiger partial charge in [0.1, 0.15) is 16.9 Å². The van der Waals surface area contributed by atoms with Crippen molar-refractivity contribution in [2.75, 3.05) is 18.1 Å². The molecule has 0 aliphatic rings. The lowest BCUT2D eigenvalue weighted by Gasteiger charge is -2.21. The number of furan rings is 1. The van der Waals surface area contributed by atoms with E-state index in [1.807, 2.05) is 36.6 Å². The molecule has 0 radical (unpaired) electrons. The van der Waals surface area contributed by atoms with Crippen LogP contribution in [0.1, 0.15) is 12.7 Å². The van der Waals surface area contributed by atoms with Crippen LogP contribution in [0.15, 0.2) is 63.9 Å². The van der Waals surface area contributed by atoms with E-state index in [2.05, 4.69) is 10.6 Å². The summed E-state index contributed by atoms with van der Waals surface area (Å²) in [6, 6.07) is 16.3. The van der Waals surface area contributed by atoms with Gasteiger partial charge in [-0.3, -0.25) is 9.59 Å². The van der Waals surface area contributed by atoms with Gasteiger partial charge < -0.3 is 20.2 Å².